The van der Waals surface area contributed by atoms with Crippen LogP contribution >= 0.6 is 0 Å². The van der Waals surface area contributed by atoms with Crippen LogP contribution in [0.25, 0.3) is 0 Å². The highest BCUT2D eigenvalue weighted by Crippen LogP contribution is 2.20. The molecule has 1 aromatic heterocycles. The maximum absolute atomic E-state index is 12.5. The van der Waals surface area contributed by atoms with Gasteiger partial charge in [-0.2, -0.15) is 0 Å². The molecule has 2 atom stereocenters. The monoisotopic (exact) mass is 305 g/mol. The molecule has 6 nitrogen and oxygen atoms in total. The van der Waals surface area contributed by atoms with E-state index in [1.54, 1.807) is 17.0 Å². The van der Waals surface area contributed by atoms with Crippen molar-refractivity contribution in [1.29, 1.82) is 0 Å². The Balaban J connectivity index is 1.61. The standard InChI is InChI=1S/C16H23N3O3/c20-15(18-11-12-5-3-8-17-12)13-6-1-2-9-19(13)16(21)14-7-4-10-22-14/h4,7,10,12-13,17H,1-3,5-6,8-9,11H2,(H,18,20). The molecule has 2 aliphatic rings. The predicted octanol–water partition coefficient (Wildman–Crippen LogP) is 1.14. The molecule has 0 spiro atoms. The number of rotatable bonds is 4. The first-order valence-electron chi connectivity index (χ1n) is 8.11. The lowest BCUT2D eigenvalue weighted by molar-refractivity contribution is -0.126. The van der Waals surface area contributed by atoms with E-state index in [1.807, 2.05) is 0 Å². The lowest BCUT2D eigenvalue weighted by Gasteiger charge is -2.34. The number of amides is 2. The van der Waals surface area contributed by atoms with E-state index in [0.717, 1.165) is 38.6 Å². The smallest absolute Gasteiger partial charge is 0.290 e. The largest absolute Gasteiger partial charge is 0.459 e. The van der Waals surface area contributed by atoms with Gasteiger partial charge in [0.05, 0.1) is 6.26 Å². The van der Waals surface area contributed by atoms with Crippen LogP contribution in [-0.4, -0.2) is 48.4 Å². The minimum absolute atomic E-state index is 0.0479. The first-order chi connectivity index (χ1) is 10.8. The van der Waals surface area contributed by atoms with E-state index in [1.165, 1.54) is 6.26 Å². The molecule has 120 valence electrons. The van der Waals surface area contributed by atoms with Gasteiger partial charge in [0.2, 0.25) is 5.91 Å². The van der Waals surface area contributed by atoms with E-state index in [-0.39, 0.29) is 17.9 Å². The molecule has 6 heteroatoms. The predicted molar refractivity (Wildman–Crippen MR) is 81.4 cm³/mol. The third-order valence-corrected chi connectivity index (χ3v) is 4.48. The molecule has 2 aliphatic heterocycles. The zero-order valence-electron chi connectivity index (χ0n) is 12.7. The molecule has 1 aromatic rings. The van der Waals surface area contributed by atoms with Gasteiger partial charge in [-0.3, -0.25) is 9.59 Å². The van der Waals surface area contributed by atoms with Gasteiger partial charge in [0.15, 0.2) is 5.76 Å². The molecule has 2 amide bonds. The second-order valence-electron chi connectivity index (χ2n) is 6.03. The van der Waals surface area contributed by atoms with Crippen molar-refractivity contribution in [2.75, 3.05) is 19.6 Å². The van der Waals surface area contributed by atoms with Gasteiger partial charge in [0, 0.05) is 19.1 Å². The number of piperidine rings is 1. The molecule has 0 radical (unpaired) electrons. The Morgan fingerprint density at radius 2 is 2.23 bits per heavy atom. The van der Waals surface area contributed by atoms with E-state index in [0.29, 0.717) is 24.9 Å². The number of hydrogen-bond acceptors (Lipinski definition) is 4. The third-order valence-electron chi connectivity index (χ3n) is 4.48. The molecule has 0 bridgehead atoms. The average molecular weight is 305 g/mol. The summed E-state index contributed by atoms with van der Waals surface area (Å²) in [4.78, 5) is 26.6. The minimum atomic E-state index is -0.382. The van der Waals surface area contributed by atoms with Crippen molar-refractivity contribution in [1.82, 2.24) is 15.5 Å². The van der Waals surface area contributed by atoms with Crippen molar-refractivity contribution >= 4 is 11.8 Å². The highest BCUT2D eigenvalue weighted by molar-refractivity contribution is 5.95. The van der Waals surface area contributed by atoms with Crippen LogP contribution in [0.3, 0.4) is 0 Å². The molecule has 3 heterocycles. The third kappa shape index (κ3) is 3.32. The van der Waals surface area contributed by atoms with Crippen molar-refractivity contribution in [3.63, 3.8) is 0 Å². The minimum Gasteiger partial charge on any atom is -0.459 e. The van der Waals surface area contributed by atoms with E-state index < -0.39 is 0 Å². The van der Waals surface area contributed by atoms with Crippen LogP contribution in [0.1, 0.15) is 42.7 Å². The van der Waals surface area contributed by atoms with Crippen molar-refractivity contribution in [3.05, 3.63) is 24.2 Å². The fourth-order valence-electron chi connectivity index (χ4n) is 3.26. The lowest BCUT2D eigenvalue weighted by atomic mass is 10.0. The fraction of sp³-hybridized carbons (Fsp3) is 0.625. The Kier molecular flexibility index (Phi) is 4.77. The summed E-state index contributed by atoms with van der Waals surface area (Å²) < 4.78 is 5.18. The second kappa shape index (κ2) is 6.96. The topological polar surface area (TPSA) is 74.6 Å². The average Bonchev–Trinajstić information content (AvgIpc) is 3.25. The van der Waals surface area contributed by atoms with Crippen LogP contribution in [0, 0.1) is 0 Å². The summed E-state index contributed by atoms with van der Waals surface area (Å²) in [5, 5.41) is 6.36. The van der Waals surface area contributed by atoms with Gasteiger partial charge in [0.25, 0.3) is 5.91 Å². The maximum Gasteiger partial charge on any atom is 0.290 e. The Hall–Kier alpha value is -1.82. The van der Waals surface area contributed by atoms with E-state index >= 15 is 0 Å². The Morgan fingerprint density at radius 1 is 1.32 bits per heavy atom. The number of hydrogen-bond donors (Lipinski definition) is 2. The van der Waals surface area contributed by atoms with Gasteiger partial charge in [-0.1, -0.05) is 0 Å². The van der Waals surface area contributed by atoms with Crippen LogP contribution in [0.2, 0.25) is 0 Å². The summed E-state index contributed by atoms with van der Waals surface area (Å²) in [6.07, 6.45) is 6.36. The van der Waals surface area contributed by atoms with Crippen LogP contribution in [0.15, 0.2) is 22.8 Å². The number of nitrogens with zero attached hydrogens (tertiary/aromatic N) is 1. The molecule has 3 rings (SSSR count). The SMILES string of the molecule is O=C(NCC1CCCN1)C1CCCCN1C(=O)c1ccco1. The second-order valence-corrected chi connectivity index (χ2v) is 6.03. The summed E-state index contributed by atoms with van der Waals surface area (Å²) >= 11 is 0. The van der Waals surface area contributed by atoms with Crippen molar-refractivity contribution in [3.8, 4) is 0 Å². The first-order valence-corrected chi connectivity index (χ1v) is 8.11. The fourth-order valence-corrected chi connectivity index (χ4v) is 3.26. The normalized spacial score (nSPS) is 25.2. The number of carbonyl (C=O) groups excluding carboxylic acids is 2. The molecule has 2 saturated heterocycles. The zero-order valence-corrected chi connectivity index (χ0v) is 12.7. The first kappa shape index (κ1) is 15.1. The van der Waals surface area contributed by atoms with Crippen molar-refractivity contribution in [2.45, 2.75) is 44.2 Å². The van der Waals surface area contributed by atoms with E-state index in [9.17, 15) is 9.59 Å². The van der Waals surface area contributed by atoms with Crippen molar-refractivity contribution in [2.24, 2.45) is 0 Å². The summed E-state index contributed by atoms with van der Waals surface area (Å²) in [7, 11) is 0. The Bertz CT molecular complexity index is 509. The maximum atomic E-state index is 12.5. The summed E-state index contributed by atoms with van der Waals surface area (Å²) in [5.41, 5.74) is 0. The Morgan fingerprint density at radius 3 is 2.95 bits per heavy atom. The Labute approximate surface area is 130 Å². The molecule has 22 heavy (non-hydrogen) atoms. The van der Waals surface area contributed by atoms with Gasteiger partial charge in [-0.25, -0.2) is 0 Å². The molecule has 2 unspecified atom stereocenters. The van der Waals surface area contributed by atoms with Gasteiger partial charge >= 0.3 is 0 Å². The number of nitrogens with one attached hydrogen (secondary N) is 2. The van der Waals surface area contributed by atoms with Crippen molar-refractivity contribution < 1.29 is 14.0 Å². The van der Waals surface area contributed by atoms with E-state index in [4.69, 9.17) is 4.42 Å². The van der Waals surface area contributed by atoms with Gasteiger partial charge in [-0.05, 0) is 50.8 Å². The summed E-state index contributed by atoms with van der Waals surface area (Å²) in [6.45, 7) is 2.27. The van der Waals surface area contributed by atoms with Gasteiger partial charge < -0.3 is 20.0 Å². The number of furan rings is 1. The molecule has 0 saturated carbocycles. The molecule has 0 aromatic carbocycles. The molecule has 2 N–H and O–H groups in total. The molecule has 0 aliphatic carbocycles. The lowest BCUT2D eigenvalue weighted by Crippen LogP contribution is -2.53. The quantitative estimate of drug-likeness (QED) is 0.875. The molecule has 2 fully saturated rings. The highest BCUT2D eigenvalue weighted by Gasteiger charge is 2.33. The molecular formula is C16H23N3O3. The van der Waals surface area contributed by atoms with E-state index in [2.05, 4.69) is 10.6 Å². The summed E-state index contributed by atoms with van der Waals surface area (Å²) in [6, 6.07) is 3.32. The van der Waals surface area contributed by atoms with Crippen LogP contribution < -0.4 is 10.6 Å². The van der Waals surface area contributed by atoms with Gasteiger partial charge in [-0.15, -0.1) is 0 Å². The number of likely N-dealkylation sites (tertiary alicyclic amines) is 1. The van der Waals surface area contributed by atoms with Crippen LogP contribution in [0.5, 0.6) is 0 Å². The zero-order chi connectivity index (χ0) is 15.4. The number of carbonyl (C=O) groups is 2. The van der Waals surface area contributed by atoms with Gasteiger partial charge in [0.1, 0.15) is 6.04 Å². The highest BCUT2D eigenvalue weighted by atomic mass is 16.3. The van der Waals surface area contributed by atoms with Crippen LogP contribution in [-0.2, 0) is 4.79 Å². The molecular weight excluding hydrogens is 282 g/mol. The van der Waals surface area contributed by atoms with Crippen LogP contribution in [0.4, 0.5) is 0 Å². The summed E-state index contributed by atoms with van der Waals surface area (Å²) in [5.74, 6) is 0.0642.